The van der Waals surface area contributed by atoms with Crippen molar-refractivity contribution in [2.24, 2.45) is 5.41 Å². The normalized spacial score (nSPS) is 22.1. The Balaban J connectivity index is 2.38. The van der Waals surface area contributed by atoms with Crippen LogP contribution in [0.4, 0.5) is 0 Å². The number of hydrogen-bond donors (Lipinski definition) is 1. The molecule has 4 heteroatoms. The van der Waals surface area contributed by atoms with E-state index in [0.29, 0.717) is 11.3 Å². The molecule has 1 saturated carbocycles. The highest BCUT2D eigenvalue weighted by molar-refractivity contribution is 14.1. The van der Waals surface area contributed by atoms with Gasteiger partial charge in [-0.25, -0.2) is 4.98 Å². The number of aromatic nitrogens is 2. The minimum absolute atomic E-state index is 0.0248. The second-order valence-electron chi connectivity index (χ2n) is 5.21. The van der Waals surface area contributed by atoms with Crippen LogP contribution in [0.3, 0.4) is 0 Å². The Morgan fingerprint density at radius 3 is 2.69 bits per heavy atom. The zero-order valence-electron chi connectivity index (χ0n) is 9.93. The third-order valence-corrected chi connectivity index (χ3v) is 4.39. The molecule has 2 rings (SSSR count). The van der Waals surface area contributed by atoms with Crippen LogP contribution in [0, 0.1) is 8.99 Å². The maximum Gasteiger partial charge on any atom is 0.264 e. The van der Waals surface area contributed by atoms with Crippen LogP contribution in [-0.4, -0.2) is 9.97 Å². The highest BCUT2D eigenvalue weighted by Crippen LogP contribution is 2.57. The minimum atomic E-state index is 0.0248. The predicted octanol–water partition coefficient (Wildman–Crippen LogP) is 2.84. The largest absolute Gasteiger partial charge is 0.309 e. The monoisotopic (exact) mass is 332 g/mol. The van der Waals surface area contributed by atoms with Crippen LogP contribution >= 0.6 is 22.6 Å². The molecule has 0 bridgehead atoms. The molecule has 1 heterocycles. The first-order valence-corrected chi connectivity index (χ1v) is 6.82. The average Bonchev–Trinajstić information content (AvgIpc) is 2.83. The van der Waals surface area contributed by atoms with Crippen molar-refractivity contribution in [3.63, 3.8) is 0 Å². The van der Waals surface area contributed by atoms with Gasteiger partial charge in [0.2, 0.25) is 0 Å². The van der Waals surface area contributed by atoms with Gasteiger partial charge in [-0.15, -0.1) is 0 Å². The molecule has 0 spiro atoms. The van der Waals surface area contributed by atoms with Gasteiger partial charge in [0.05, 0.1) is 9.26 Å². The standard InChI is InChI=1S/C12H17IN2O/c1-4-5-8-9(13)11(16)15-10(14-8)7-6-12(7,2)3/h7H,4-6H2,1-3H3,(H,14,15,16). The van der Waals surface area contributed by atoms with Crippen molar-refractivity contribution in [2.75, 3.05) is 0 Å². The predicted molar refractivity (Wildman–Crippen MR) is 72.7 cm³/mol. The van der Waals surface area contributed by atoms with Gasteiger partial charge in [-0.2, -0.15) is 0 Å². The van der Waals surface area contributed by atoms with Gasteiger partial charge in [0.25, 0.3) is 5.56 Å². The molecule has 0 aromatic carbocycles. The smallest absolute Gasteiger partial charge is 0.264 e. The maximum absolute atomic E-state index is 11.8. The number of aromatic amines is 1. The van der Waals surface area contributed by atoms with E-state index < -0.39 is 0 Å². The summed E-state index contributed by atoms with van der Waals surface area (Å²) in [5.41, 5.74) is 1.30. The second kappa shape index (κ2) is 4.13. The number of halogens is 1. The molecule has 1 atom stereocenters. The first-order valence-electron chi connectivity index (χ1n) is 5.74. The van der Waals surface area contributed by atoms with Crippen molar-refractivity contribution in [1.82, 2.24) is 9.97 Å². The van der Waals surface area contributed by atoms with Crippen LogP contribution in [0.5, 0.6) is 0 Å². The van der Waals surface area contributed by atoms with Gasteiger partial charge in [-0.1, -0.05) is 27.2 Å². The topological polar surface area (TPSA) is 45.8 Å². The molecule has 88 valence electrons. The summed E-state index contributed by atoms with van der Waals surface area (Å²) in [5.74, 6) is 1.33. The first kappa shape index (κ1) is 12.1. The Morgan fingerprint density at radius 1 is 1.56 bits per heavy atom. The lowest BCUT2D eigenvalue weighted by Gasteiger charge is -2.07. The lowest BCUT2D eigenvalue weighted by atomic mass is 10.1. The third kappa shape index (κ3) is 2.17. The maximum atomic E-state index is 11.8. The lowest BCUT2D eigenvalue weighted by molar-refractivity contribution is 0.604. The van der Waals surface area contributed by atoms with Gasteiger partial charge in [0.1, 0.15) is 5.82 Å². The molecular weight excluding hydrogens is 315 g/mol. The molecule has 0 saturated heterocycles. The third-order valence-electron chi connectivity index (χ3n) is 3.28. The summed E-state index contributed by atoms with van der Waals surface area (Å²) >= 11 is 2.09. The molecule has 1 aliphatic rings. The molecule has 1 aromatic rings. The Kier molecular flexibility index (Phi) is 3.11. The van der Waals surface area contributed by atoms with Gasteiger partial charge >= 0.3 is 0 Å². The number of hydrogen-bond acceptors (Lipinski definition) is 2. The molecule has 3 nitrogen and oxygen atoms in total. The quantitative estimate of drug-likeness (QED) is 0.865. The van der Waals surface area contributed by atoms with Gasteiger partial charge in [-0.05, 0) is 40.8 Å². The summed E-state index contributed by atoms with van der Waals surface area (Å²) in [6.45, 7) is 6.55. The van der Waals surface area contributed by atoms with Crippen LogP contribution in [0.15, 0.2) is 4.79 Å². The highest BCUT2D eigenvalue weighted by atomic mass is 127. The van der Waals surface area contributed by atoms with Crippen molar-refractivity contribution in [3.8, 4) is 0 Å². The molecule has 16 heavy (non-hydrogen) atoms. The lowest BCUT2D eigenvalue weighted by Crippen LogP contribution is -2.18. The van der Waals surface area contributed by atoms with E-state index in [1.165, 1.54) is 0 Å². The second-order valence-corrected chi connectivity index (χ2v) is 6.29. The van der Waals surface area contributed by atoms with E-state index >= 15 is 0 Å². The summed E-state index contributed by atoms with van der Waals surface area (Å²) < 4.78 is 0.752. The van der Waals surface area contributed by atoms with Crippen LogP contribution in [0.1, 0.15) is 51.0 Å². The summed E-state index contributed by atoms with van der Waals surface area (Å²) in [4.78, 5) is 19.3. The van der Waals surface area contributed by atoms with Crippen LogP contribution in [0.2, 0.25) is 0 Å². The van der Waals surface area contributed by atoms with Crippen LogP contribution in [0.25, 0.3) is 0 Å². The Bertz CT molecular complexity index is 465. The van der Waals surface area contributed by atoms with Gasteiger partial charge in [-0.3, -0.25) is 4.79 Å². The number of H-pyrrole nitrogens is 1. The van der Waals surface area contributed by atoms with E-state index in [-0.39, 0.29) is 5.56 Å². The molecule has 0 radical (unpaired) electrons. The van der Waals surface area contributed by atoms with E-state index in [1.54, 1.807) is 0 Å². The van der Waals surface area contributed by atoms with Crippen molar-refractivity contribution >= 4 is 22.6 Å². The Hall–Kier alpha value is -0.390. The first-order chi connectivity index (χ1) is 7.45. The van der Waals surface area contributed by atoms with Crippen LogP contribution in [-0.2, 0) is 6.42 Å². The molecular formula is C12H17IN2O. The van der Waals surface area contributed by atoms with Gasteiger partial charge in [0, 0.05) is 5.92 Å². The van der Waals surface area contributed by atoms with Crippen LogP contribution < -0.4 is 5.56 Å². The fourth-order valence-electron chi connectivity index (χ4n) is 2.03. The summed E-state index contributed by atoms with van der Waals surface area (Å²) in [6.07, 6.45) is 3.05. The number of aryl methyl sites for hydroxylation is 1. The number of nitrogens with one attached hydrogen (secondary N) is 1. The van der Waals surface area contributed by atoms with E-state index in [0.717, 1.165) is 34.4 Å². The summed E-state index contributed by atoms with van der Waals surface area (Å²) in [5, 5.41) is 0. The molecule has 0 amide bonds. The summed E-state index contributed by atoms with van der Waals surface area (Å²) in [6, 6.07) is 0. The fraction of sp³-hybridized carbons (Fsp3) is 0.667. The molecule has 1 aliphatic carbocycles. The van der Waals surface area contributed by atoms with Crippen molar-refractivity contribution in [3.05, 3.63) is 25.4 Å². The van der Waals surface area contributed by atoms with Crippen molar-refractivity contribution in [2.45, 2.75) is 46.0 Å². The summed E-state index contributed by atoms with van der Waals surface area (Å²) in [7, 11) is 0. The SMILES string of the molecule is CCCc1nc(C2CC2(C)C)[nH]c(=O)c1I. The fourth-order valence-corrected chi connectivity index (χ4v) is 2.55. The Morgan fingerprint density at radius 2 is 2.19 bits per heavy atom. The number of rotatable bonds is 3. The molecule has 0 aliphatic heterocycles. The molecule has 1 unspecified atom stereocenters. The Labute approximate surface area is 109 Å². The van der Waals surface area contributed by atoms with E-state index in [1.807, 2.05) is 0 Å². The zero-order chi connectivity index (χ0) is 11.9. The van der Waals surface area contributed by atoms with E-state index in [9.17, 15) is 4.79 Å². The molecule has 1 fully saturated rings. The van der Waals surface area contributed by atoms with Gasteiger partial charge < -0.3 is 4.98 Å². The van der Waals surface area contributed by atoms with E-state index in [2.05, 4.69) is 53.3 Å². The molecule has 1 N–H and O–H groups in total. The minimum Gasteiger partial charge on any atom is -0.309 e. The van der Waals surface area contributed by atoms with Gasteiger partial charge in [0.15, 0.2) is 0 Å². The van der Waals surface area contributed by atoms with Crippen molar-refractivity contribution < 1.29 is 0 Å². The van der Waals surface area contributed by atoms with E-state index in [4.69, 9.17) is 0 Å². The van der Waals surface area contributed by atoms with Crippen molar-refractivity contribution in [1.29, 1.82) is 0 Å². The highest BCUT2D eigenvalue weighted by Gasteiger charge is 2.48. The zero-order valence-corrected chi connectivity index (χ0v) is 12.1. The number of nitrogens with zero attached hydrogens (tertiary/aromatic N) is 1. The average molecular weight is 332 g/mol. The molecule has 1 aromatic heterocycles.